The first kappa shape index (κ1) is 23.0. The molecule has 2 heterocycles. The van der Waals surface area contributed by atoms with Gasteiger partial charge in [-0.15, -0.1) is 0 Å². The molecular formula is C20H9Cl2F5N2O4. The number of rotatable bonds is 4. The molecule has 0 spiro atoms. The maximum Gasteiger partial charge on any atom is 0.417 e. The lowest BCUT2D eigenvalue weighted by atomic mass is 9.98. The van der Waals surface area contributed by atoms with E-state index in [1.807, 2.05) is 0 Å². The number of aromatic nitrogens is 1. The summed E-state index contributed by atoms with van der Waals surface area (Å²) in [5.41, 5.74) is -3.82. The van der Waals surface area contributed by atoms with Crippen LogP contribution in [0.3, 0.4) is 0 Å². The molecule has 4 rings (SSSR count). The first-order valence-electron chi connectivity index (χ1n) is 8.83. The first-order valence-corrected chi connectivity index (χ1v) is 9.59. The predicted octanol–water partition coefficient (Wildman–Crippen LogP) is 6.94. The van der Waals surface area contributed by atoms with E-state index < -0.39 is 52.2 Å². The van der Waals surface area contributed by atoms with E-state index in [2.05, 4.69) is 9.72 Å². The zero-order chi connectivity index (χ0) is 24.1. The molecule has 2 aromatic carbocycles. The Hall–Kier alpha value is -3.15. The molecule has 0 unspecified atom stereocenters. The lowest BCUT2D eigenvalue weighted by Gasteiger charge is -2.21. The molecule has 172 valence electrons. The highest BCUT2D eigenvalue weighted by Gasteiger charge is 2.41. The van der Waals surface area contributed by atoms with Crippen LogP contribution in [0.15, 0.2) is 47.1 Å². The van der Waals surface area contributed by atoms with Gasteiger partial charge in [0.15, 0.2) is 11.3 Å². The molecule has 0 saturated heterocycles. The molecule has 1 N–H and O–H groups in total. The van der Waals surface area contributed by atoms with Gasteiger partial charge < -0.3 is 9.15 Å². The van der Waals surface area contributed by atoms with Crippen molar-refractivity contribution in [2.24, 2.45) is 0 Å². The highest BCUT2D eigenvalue weighted by Crippen LogP contribution is 2.45. The van der Waals surface area contributed by atoms with Crippen LogP contribution in [-0.2, 0) is 6.18 Å². The highest BCUT2D eigenvalue weighted by molar-refractivity contribution is 6.40. The number of para-hydroxylation sites is 1. The van der Waals surface area contributed by atoms with Crippen LogP contribution in [0, 0.1) is 0 Å². The van der Waals surface area contributed by atoms with E-state index in [1.54, 1.807) is 0 Å². The molecule has 0 aliphatic heterocycles. The Morgan fingerprint density at radius 2 is 1.79 bits per heavy atom. The standard InChI is InChI=1S/C20H9Cl2F5N2O4/c21-10-6-28-7-11(22)16(10)29(31)18(30)15-9(20(25,26)27)5-13(33-19(23)24)17-14(15)8-3-1-2-4-12(8)32-17/h1-7,19,31H. The number of carbonyl (C=O) groups is 1. The number of benzene rings is 2. The minimum Gasteiger partial charge on any atom is -0.452 e. The Labute approximate surface area is 190 Å². The number of hydroxylamine groups is 1. The summed E-state index contributed by atoms with van der Waals surface area (Å²) in [5.74, 6) is -2.54. The van der Waals surface area contributed by atoms with Crippen LogP contribution in [0.4, 0.5) is 27.6 Å². The molecule has 0 atom stereocenters. The van der Waals surface area contributed by atoms with Gasteiger partial charge in [0.25, 0.3) is 5.91 Å². The number of alkyl halides is 5. The van der Waals surface area contributed by atoms with Crippen molar-refractivity contribution in [2.75, 3.05) is 5.06 Å². The monoisotopic (exact) mass is 506 g/mol. The fraction of sp³-hybridized carbons (Fsp3) is 0.100. The average Bonchev–Trinajstić information content (AvgIpc) is 3.12. The maximum absolute atomic E-state index is 14.0. The van der Waals surface area contributed by atoms with Crippen molar-refractivity contribution in [1.82, 2.24) is 4.98 Å². The summed E-state index contributed by atoms with van der Waals surface area (Å²) in [4.78, 5) is 16.9. The average molecular weight is 507 g/mol. The number of amides is 1. The Balaban J connectivity index is 2.09. The van der Waals surface area contributed by atoms with Crippen LogP contribution in [-0.4, -0.2) is 22.7 Å². The molecular weight excluding hydrogens is 498 g/mol. The number of pyridine rings is 1. The van der Waals surface area contributed by atoms with Crippen molar-refractivity contribution in [3.05, 3.63) is 63.9 Å². The second-order valence-electron chi connectivity index (χ2n) is 6.54. The Kier molecular flexibility index (Phi) is 5.81. The third kappa shape index (κ3) is 4.03. The SMILES string of the molecule is O=C(c1c(C(F)(F)F)cc(OC(F)F)c2oc3ccccc3c12)N(O)c1c(Cl)cncc1Cl. The smallest absolute Gasteiger partial charge is 0.417 e. The third-order valence-corrected chi connectivity index (χ3v) is 5.13. The second-order valence-corrected chi connectivity index (χ2v) is 7.36. The van der Waals surface area contributed by atoms with Gasteiger partial charge in [0.2, 0.25) is 0 Å². The molecule has 13 heteroatoms. The molecule has 2 aromatic heterocycles. The summed E-state index contributed by atoms with van der Waals surface area (Å²) in [6.45, 7) is -3.48. The number of hydrogen-bond acceptors (Lipinski definition) is 5. The molecule has 0 aliphatic rings. The van der Waals surface area contributed by atoms with Gasteiger partial charge in [0.1, 0.15) is 11.3 Å². The fourth-order valence-corrected chi connectivity index (χ4v) is 3.84. The van der Waals surface area contributed by atoms with Crippen molar-refractivity contribution in [1.29, 1.82) is 0 Å². The lowest BCUT2D eigenvalue weighted by molar-refractivity contribution is -0.138. The number of ether oxygens (including phenoxy) is 1. The zero-order valence-electron chi connectivity index (χ0n) is 15.8. The van der Waals surface area contributed by atoms with Crippen molar-refractivity contribution < 1.29 is 41.1 Å². The number of fused-ring (bicyclic) bond motifs is 3. The third-order valence-electron chi connectivity index (χ3n) is 4.58. The van der Waals surface area contributed by atoms with Gasteiger partial charge in [-0.2, -0.15) is 27.0 Å². The van der Waals surface area contributed by atoms with E-state index in [0.29, 0.717) is 0 Å². The van der Waals surface area contributed by atoms with E-state index in [4.69, 9.17) is 27.6 Å². The van der Waals surface area contributed by atoms with Crippen LogP contribution in [0.2, 0.25) is 10.0 Å². The summed E-state index contributed by atoms with van der Waals surface area (Å²) >= 11 is 11.8. The zero-order valence-corrected chi connectivity index (χ0v) is 17.3. The fourth-order valence-electron chi connectivity index (χ4n) is 3.31. The minimum absolute atomic E-state index is 0.00976. The van der Waals surface area contributed by atoms with Gasteiger partial charge in [-0.3, -0.25) is 15.0 Å². The number of anilines is 1. The summed E-state index contributed by atoms with van der Waals surface area (Å²) in [6.07, 6.45) is -3.21. The molecule has 1 amide bonds. The van der Waals surface area contributed by atoms with Crippen LogP contribution in [0.25, 0.3) is 21.9 Å². The van der Waals surface area contributed by atoms with Gasteiger partial charge >= 0.3 is 12.8 Å². The van der Waals surface area contributed by atoms with Crippen LogP contribution < -0.4 is 9.80 Å². The van der Waals surface area contributed by atoms with E-state index in [-0.39, 0.29) is 32.1 Å². The normalized spacial score (nSPS) is 12.0. The van der Waals surface area contributed by atoms with Crippen molar-refractivity contribution in [3.63, 3.8) is 0 Å². The van der Waals surface area contributed by atoms with E-state index >= 15 is 0 Å². The number of hydrogen-bond donors (Lipinski definition) is 1. The van der Waals surface area contributed by atoms with Crippen molar-refractivity contribution >= 4 is 56.7 Å². The molecule has 0 saturated carbocycles. The summed E-state index contributed by atoms with van der Waals surface area (Å²) in [7, 11) is 0. The van der Waals surface area contributed by atoms with E-state index in [9.17, 15) is 32.0 Å². The molecule has 6 nitrogen and oxygen atoms in total. The molecule has 0 aliphatic carbocycles. The number of nitrogens with zero attached hydrogens (tertiary/aromatic N) is 2. The lowest BCUT2D eigenvalue weighted by Crippen LogP contribution is -2.30. The van der Waals surface area contributed by atoms with Gasteiger partial charge in [0.05, 0.1) is 21.2 Å². The summed E-state index contributed by atoms with van der Waals surface area (Å²) in [6, 6.07) is 5.80. The van der Waals surface area contributed by atoms with Gasteiger partial charge in [-0.25, -0.2) is 0 Å². The number of furan rings is 1. The van der Waals surface area contributed by atoms with Gasteiger partial charge in [0, 0.05) is 23.2 Å². The van der Waals surface area contributed by atoms with Crippen molar-refractivity contribution in [2.45, 2.75) is 12.8 Å². The predicted molar refractivity (Wildman–Crippen MR) is 108 cm³/mol. The highest BCUT2D eigenvalue weighted by atomic mass is 35.5. The van der Waals surface area contributed by atoms with Gasteiger partial charge in [-0.05, 0) is 12.1 Å². The van der Waals surface area contributed by atoms with Gasteiger partial charge in [-0.1, -0.05) is 41.4 Å². The molecule has 33 heavy (non-hydrogen) atoms. The van der Waals surface area contributed by atoms with E-state index in [0.717, 1.165) is 12.4 Å². The Morgan fingerprint density at radius 3 is 2.39 bits per heavy atom. The number of halogens is 7. The molecule has 0 bridgehead atoms. The maximum atomic E-state index is 14.0. The quantitative estimate of drug-likeness (QED) is 0.184. The molecule has 4 aromatic rings. The van der Waals surface area contributed by atoms with Crippen LogP contribution in [0.5, 0.6) is 5.75 Å². The molecule has 0 fully saturated rings. The Bertz CT molecular complexity index is 1370. The molecule has 0 radical (unpaired) electrons. The Morgan fingerprint density at radius 1 is 1.15 bits per heavy atom. The largest absolute Gasteiger partial charge is 0.452 e. The summed E-state index contributed by atoms with van der Waals surface area (Å²) < 4.78 is 77.5. The van der Waals surface area contributed by atoms with Crippen LogP contribution in [0.1, 0.15) is 15.9 Å². The minimum atomic E-state index is -5.22. The number of carbonyl (C=O) groups excluding carboxylic acids is 1. The van der Waals surface area contributed by atoms with E-state index in [1.165, 1.54) is 24.3 Å². The first-order chi connectivity index (χ1) is 15.5. The topological polar surface area (TPSA) is 75.8 Å². The van der Waals surface area contributed by atoms with Crippen molar-refractivity contribution in [3.8, 4) is 5.75 Å². The van der Waals surface area contributed by atoms with Crippen LogP contribution >= 0.6 is 23.2 Å². The summed E-state index contributed by atoms with van der Waals surface area (Å²) in [5, 5.41) is 9.16. The second kappa shape index (κ2) is 8.32.